The van der Waals surface area contributed by atoms with Crippen LogP contribution in [0.2, 0.25) is 0 Å². The van der Waals surface area contributed by atoms with Crippen LogP contribution in [0.4, 0.5) is 0 Å². The predicted molar refractivity (Wildman–Crippen MR) is 520 cm³/mol. The number of aromatic nitrogens is 7. The molecule has 9 heteroatoms. The van der Waals surface area contributed by atoms with Crippen molar-refractivity contribution < 1.29 is 0 Å². The molecule has 578 valence electrons. The highest BCUT2D eigenvalue weighted by atomic mass is 79.9. The zero-order valence-electron chi connectivity index (χ0n) is 65.5. The predicted octanol–water partition coefficient (Wildman–Crippen LogP) is 31.6. The third kappa shape index (κ3) is 14.8. The maximum Gasteiger partial charge on any atom is 0.0973 e. The Morgan fingerprint density at radius 3 is 0.615 bits per heavy atom. The molecule has 0 atom stereocenters. The number of nitrogens with zero attached hydrogens (tertiary/aromatic N) is 6. The van der Waals surface area contributed by atoms with E-state index < -0.39 is 0 Å². The number of hydrogen-bond donors (Lipinski definition) is 1. The summed E-state index contributed by atoms with van der Waals surface area (Å²) < 4.78 is 6.88. The Morgan fingerprint density at radius 2 is 0.377 bits per heavy atom. The van der Waals surface area contributed by atoms with E-state index in [4.69, 9.17) is 19.9 Å². The first-order valence-corrected chi connectivity index (χ1v) is 42.2. The van der Waals surface area contributed by atoms with E-state index >= 15 is 0 Å². The van der Waals surface area contributed by atoms with Crippen LogP contribution in [0.15, 0.2) is 446 Å². The van der Waals surface area contributed by atoms with Crippen LogP contribution in [-0.4, -0.2) is 34.1 Å². The summed E-state index contributed by atoms with van der Waals surface area (Å²) in [6.45, 7) is 0. The third-order valence-corrected chi connectivity index (χ3v) is 24.0. The third-order valence-electron chi connectivity index (χ3n) is 22.9. The number of para-hydroxylation sites is 4. The zero-order valence-corrected chi connectivity index (χ0v) is 68.7. The molecule has 0 fully saturated rings. The number of benzene rings is 18. The summed E-state index contributed by atoms with van der Waals surface area (Å²) >= 11 is 6.98. The van der Waals surface area contributed by atoms with Crippen molar-refractivity contribution in [1.82, 2.24) is 34.1 Å². The number of halogens is 2. The van der Waals surface area contributed by atoms with Gasteiger partial charge in [-0.15, -0.1) is 0 Å². The van der Waals surface area contributed by atoms with Gasteiger partial charge in [0.2, 0.25) is 0 Å². The molecule has 0 amide bonds. The number of rotatable bonds is 12. The highest BCUT2D eigenvalue weighted by molar-refractivity contribution is 9.10. The minimum absolute atomic E-state index is 0. The molecule has 0 saturated heterocycles. The summed E-state index contributed by atoms with van der Waals surface area (Å²) in [6, 6.07) is 155. The molecule has 0 aliphatic heterocycles. The molecule has 0 spiro atoms. The Labute approximate surface area is 724 Å². The normalized spacial score (nSPS) is 11.3. The molecule has 5 aromatic heterocycles. The van der Waals surface area contributed by atoms with Gasteiger partial charge in [0.1, 0.15) is 0 Å². The smallest absolute Gasteiger partial charge is 0.0973 e. The second-order valence-corrected chi connectivity index (χ2v) is 32.2. The first kappa shape index (κ1) is 75.7. The SMILES string of the molecule is Brc1ccc(-c2nc3ccccc3nc2-c2ccc(Br)cc2)cc1.C.c1ccc(-c2ccc3[nH]c4ccc(-c5ccccc5)cc4c3c2)cc1.c1ccc(-c2ccc3c(c2)c2cc(-c4ccccc4)ccc2n3-c2ccc(-c3nc4ccccc4nc3-c3ccc(-n4c5ccc(-c6ccccc6)cc5c5cc(-c6ccccc6)ccc54)cc3)cc2)cc1. The van der Waals surface area contributed by atoms with Gasteiger partial charge in [-0.2, -0.15) is 0 Å². The monoisotopic (exact) mass is 1690 g/mol. The van der Waals surface area contributed by atoms with Crippen LogP contribution in [0.5, 0.6) is 0 Å². The van der Waals surface area contributed by atoms with Crippen LogP contribution in [-0.2, 0) is 0 Å². The summed E-state index contributed by atoms with van der Waals surface area (Å²) in [5.41, 5.74) is 34.8. The summed E-state index contributed by atoms with van der Waals surface area (Å²) in [7, 11) is 0. The highest BCUT2D eigenvalue weighted by Gasteiger charge is 2.22. The molecule has 1 N–H and O–H groups in total. The molecule has 0 radical (unpaired) electrons. The van der Waals surface area contributed by atoms with Crippen LogP contribution in [0.1, 0.15) is 7.43 Å². The highest BCUT2D eigenvalue weighted by Crippen LogP contribution is 2.43. The van der Waals surface area contributed by atoms with E-state index in [1.807, 2.05) is 72.8 Å². The Bertz CT molecular complexity index is 7120. The minimum Gasteiger partial charge on any atom is -0.355 e. The molecule has 0 unspecified atom stereocenters. The lowest BCUT2D eigenvalue weighted by atomic mass is 10.0. The van der Waals surface area contributed by atoms with Crippen molar-refractivity contribution in [3.05, 3.63) is 446 Å². The van der Waals surface area contributed by atoms with Gasteiger partial charge in [0, 0.05) is 85.9 Å². The lowest BCUT2D eigenvalue weighted by molar-refractivity contribution is 1.18. The summed E-state index contributed by atoms with van der Waals surface area (Å²) in [4.78, 5) is 24.0. The second-order valence-electron chi connectivity index (χ2n) is 30.4. The van der Waals surface area contributed by atoms with Gasteiger partial charge in [-0.3, -0.25) is 0 Å². The van der Waals surface area contributed by atoms with Gasteiger partial charge < -0.3 is 14.1 Å². The Hall–Kier alpha value is -15.0. The van der Waals surface area contributed by atoms with Crippen molar-refractivity contribution in [2.75, 3.05) is 0 Å². The molecule has 0 saturated carbocycles. The molecule has 0 aliphatic carbocycles. The van der Waals surface area contributed by atoms with Gasteiger partial charge in [0.25, 0.3) is 0 Å². The van der Waals surface area contributed by atoms with Crippen LogP contribution in [0.3, 0.4) is 0 Å². The maximum atomic E-state index is 5.34. The average molecular weight is 1690 g/mol. The largest absolute Gasteiger partial charge is 0.355 e. The van der Waals surface area contributed by atoms with Crippen molar-refractivity contribution in [2.24, 2.45) is 0 Å². The van der Waals surface area contributed by atoms with Gasteiger partial charge in [-0.25, -0.2) is 19.9 Å². The van der Waals surface area contributed by atoms with Crippen molar-refractivity contribution in [2.45, 2.75) is 7.43 Å². The van der Waals surface area contributed by atoms with Crippen molar-refractivity contribution >= 4 is 119 Å². The van der Waals surface area contributed by atoms with Crippen molar-refractivity contribution in [3.63, 3.8) is 0 Å². The summed E-state index contributed by atoms with van der Waals surface area (Å²) in [5.74, 6) is 0. The number of H-pyrrole nitrogens is 1. The first-order valence-electron chi connectivity index (χ1n) is 40.6. The number of aromatic amines is 1. The van der Waals surface area contributed by atoms with Gasteiger partial charge in [0.05, 0.1) is 66.9 Å². The fourth-order valence-electron chi connectivity index (χ4n) is 16.9. The minimum atomic E-state index is 0. The van der Waals surface area contributed by atoms with Gasteiger partial charge in [-0.1, -0.05) is 330 Å². The van der Waals surface area contributed by atoms with E-state index in [1.54, 1.807) is 0 Å². The zero-order chi connectivity index (χ0) is 80.7. The lowest BCUT2D eigenvalue weighted by Gasteiger charge is -2.14. The van der Waals surface area contributed by atoms with Gasteiger partial charge in [-0.05, 0) is 212 Å². The number of fused-ring (bicyclic) bond motifs is 11. The van der Waals surface area contributed by atoms with Crippen LogP contribution >= 0.6 is 31.9 Å². The summed E-state index contributed by atoms with van der Waals surface area (Å²) in [5, 5.41) is 7.41. The molecule has 23 rings (SSSR count). The van der Waals surface area contributed by atoms with Gasteiger partial charge >= 0.3 is 0 Å². The molecule has 122 heavy (non-hydrogen) atoms. The standard InChI is InChI=1S/C68H44N4.C24H17N.C20H12Br2N2.CH4/c1-5-15-45(16-6-1)51-29-37-63-57(41-51)58-42-52(46-17-7-2-8-18-46)30-38-64(58)71(63)55-33-25-49(26-34-55)67-68(70-62-24-14-13-23-61(62)69-67)50-27-35-56(36-28-50)72-65-39-31-53(47-19-9-3-10-20-47)43-59(65)60-44-54(32-40-66(60)72)48-21-11-4-12-22-48;1-3-7-17(8-4-1)19-11-13-23-21(15-19)22-16-20(12-14-24(22)25-23)18-9-5-2-6-10-18;21-15-9-5-13(6-10-15)19-20(14-7-11-16(22)12-8-14)24-18-4-2-1-3-17(18)23-19;/h1-44H;1-16,25H;1-12H;1H4. The van der Waals surface area contributed by atoms with Gasteiger partial charge in [0.15, 0.2) is 0 Å². The molecule has 0 bridgehead atoms. The molecule has 5 heterocycles. The molecule has 0 aliphatic rings. The topological polar surface area (TPSA) is 77.2 Å². The number of nitrogens with one attached hydrogen (secondary N) is 1. The van der Waals surface area contributed by atoms with E-state index in [-0.39, 0.29) is 7.43 Å². The fourth-order valence-corrected chi connectivity index (χ4v) is 17.4. The van der Waals surface area contributed by atoms with Crippen molar-refractivity contribution in [3.8, 4) is 123 Å². The Balaban J connectivity index is 0.000000153. The average Bonchev–Trinajstić information content (AvgIpc) is 1.58. The van der Waals surface area contributed by atoms with E-state index in [0.29, 0.717) is 0 Å². The fraction of sp³-hybridized carbons (Fsp3) is 0.00885. The van der Waals surface area contributed by atoms with Crippen LogP contribution in [0, 0.1) is 0 Å². The molecule has 18 aromatic carbocycles. The van der Waals surface area contributed by atoms with Crippen molar-refractivity contribution in [1.29, 1.82) is 0 Å². The number of hydrogen-bond acceptors (Lipinski definition) is 4. The van der Waals surface area contributed by atoms with Crippen LogP contribution in [0.25, 0.3) is 211 Å². The first-order chi connectivity index (χ1) is 59.8. The second kappa shape index (κ2) is 33.1. The quantitative estimate of drug-likeness (QED) is 0.132. The van der Waals surface area contributed by atoms with E-state index in [9.17, 15) is 0 Å². The molecular weight excluding hydrogens is 1620 g/mol. The Kier molecular flexibility index (Phi) is 20.5. The van der Waals surface area contributed by atoms with E-state index in [2.05, 4.69) is 410 Å². The molecule has 7 nitrogen and oxygen atoms in total. The summed E-state index contributed by atoms with van der Waals surface area (Å²) in [6.07, 6.45) is 0. The van der Waals surface area contributed by atoms with E-state index in [1.165, 1.54) is 110 Å². The maximum absolute atomic E-state index is 5.34. The van der Waals surface area contributed by atoms with Crippen LogP contribution < -0.4 is 0 Å². The lowest BCUT2D eigenvalue weighted by Crippen LogP contribution is -1.98. The molecular formula is C113H77Br2N7. The molecule has 23 aromatic rings. The Morgan fingerprint density at radius 1 is 0.180 bits per heavy atom. The van der Waals surface area contributed by atoms with E-state index in [0.717, 1.165) is 109 Å².